The number of aryl methyl sites for hydroxylation is 1. The Bertz CT molecular complexity index is 1280. The molecule has 0 radical (unpaired) electrons. The van der Waals surface area contributed by atoms with Gasteiger partial charge in [-0.2, -0.15) is 9.83 Å². The van der Waals surface area contributed by atoms with Gasteiger partial charge in [-0.3, -0.25) is 14.3 Å². The third kappa shape index (κ3) is 5.48. The van der Waals surface area contributed by atoms with E-state index in [1.807, 2.05) is 0 Å². The molecule has 8 nitrogen and oxygen atoms in total. The molecule has 2 N–H and O–H groups in total. The first-order valence-corrected chi connectivity index (χ1v) is 11.9. The average Bonchev–Trinajstić information content (AvgIpc) is 3.26. The van der Waals surface area contributed by atoms with E-state index >= 15 is 0 Å². The monoisotopic (exact) mass is 517 g/mol. The molecule has 0 saturated heterocycles. The van der Waals surface area contributed by atoms with Crippen LogP contribution >= 0.6 is 11.6 Å². The first-order chi connectivity index (χ1) is 17.1. The van der Waals surface area contributed by atoms with E-state index in [1.165, 1.54) is 29.2 Å². The smallest absolute Gasteiger partial charge is 0.270 e. The van der Waals surface area contributed by atoms with Gasteiger partial charge < -0.3 is 15.8 Å². The average molecular weight is 518 g/mol. The summed E-state index contributed by atoms with van der Waals surface area (Å²) in [4.78, 5) is 26.1. The third-order valence-electron chi connectivity index (χ3n) is 6.50. The summed E-state index contributed by atoms with van der Waals surface area (Å²) in [5.41, 5.74) is 2.29. The highest BCUT2D eigenvalue weighted by Gasteiger charge is 2.42. The van der Waals surface area contributed by atoms with Gasteiger partial charge in [0, 0.05) is 44.8 Å². The number of carbonyl (C=O) groups is 2. The predicted molar refractivity (Wildman–Crippen MR) is 131 cm³/mol. The summed E-state index contributed by atoms with van der Waals surface area (Å²) in [5.74, 6) is -4.79. The van der Waals surface area contributed by atoms with Crippen molar-refractivity contribution in [3.8, 4) is 11.1 Å². The van der Waals surface area contributed by atoms with Crippen molar-refractivity contribution in [1.29, 1.82) is 0 Å². The number of hydrogen-bond donors (Lipinski definition) is 2. The van der Waals surface area contributed by atoms with Gasteiger partial charge in [0.25, 0.3) is 5.91 Å². The molecule has 2 atom stereocenters. The van der Waals surface area contributed by atoms with Crippen LogP contribution in [-0.2, 0) is 11.8 Å². The number of aromatic nitrogens is 3. The summed E-state index contributed by atoms with van der Waals surface area (Å²) in [6.45, 7) is 1.65. The highest BCUT2D eigenvalue weighted by atomic mass is 35.5. The number of nitrogens with zero attached hydrogens (tertiary/aromatic N) is 3. The van der Waals surface area contributed by atoms with Gasteiger partial charge in [0.05, 0.1) is 10.6 Å². The SMILES string of the molecule is Cc1c(-c2ccc(NC(=O)C(NC(=O)c3ccnn3C)C3CCCC(F)(F)C3)cc2)c(Cl)cc[n+]1[O-]. The van der Waals surface area contributed by atoms with E-state index < -0.39 is 36.1 Å². The number of amides is 2. The number of hydrogen-bond acceptors (Lipinski definition) is 4. The Hall–Kier alpha value is -3.53. The molecular weight excluding hydrogens is 492 g/mol. The molecule has 1 saturated carbocycles. The van der Waals surface area contributed by atoms with Crippen LogP contribution in [0.25, 0.3) is 11.1 Å². The lowest BCUT2D eigenvalue weighted by Crippen LogP contribution is -2.51. The summed E-state index contributed by atoms with van der Waals surface area (Å²) < 4.78 is 30.4. The number of halogens is 3. The van der Waals surface area contributed by atoms with Crippen molar-refractivity contribution >= 4 is 29.1 Å². The fourth-order valence-electron chi connectivity index (χ4n) is 4.60. The zero-order valence-corrected chi connectivity index (χ0v) is 20.6. The maximum absolute atomic E-state index is 14.2. The summed E-state index contributed by atoms with van der Waals surface area (Å²) in [6.07, 6.45) is 2.68. The van der Waals surface area contributed by atoms with Gasteiger partial charge in [0.2, 0.25) is 11.8 Å². The minimum Gasteiger partial charge on any atom is -0.618 e. The molecule has 1 aliphatic rings. The molecule has 0 bridgehead atoms. The van der Waals surface area contributed by atoms with Crippen LogP contribution in [0.5, 0.6) is 0 Å². The van der Waals surface area contributed by atoms with Crippen LogP contribution < -0.4 is 15.4 Å². The Morgan fingerprint density at radius 2 is 1.97 bits per heavy atom. The summed E-state index contributed by atoms with van der Waals surface area (Å²) >= 11 is 6.28. The molecular formula is C25H26ClF2N5O3. The molecule has 36 heavy (non-hydrogen) atoms. The molecule has 1 aromatic carbocycles. The van der Waals surface area contributed by atoms with E-state index in [0.29, 0.717) is 38.7 Å². The van der Waals surface area contributed by atoms with E-state index in [1.54, 1.807) is 38.2 Å². The topological polar surface area (TPSA) is 103 Å². The Morgan fingerprint density at radius 1 is 1.25 bits per heavy atom. The van der Waals surface area contributed by atoms with Crippen molar-refractivity contribution in [1.82, 2.24) is 15.1 Å². The van der Waals surface area contributed by atoms with Crippen LogP contribution in [0, 0.1) is 18.0 Å². The normalized spacial score (nSPS) is 17.9. The summed E-state index contributed by atoms with van der Waals surface area (Å²) in [5, 5.41) is 21.7. The largest absolute Gasteiger partial charge is 0.618 e. The van der Waals surface area contributed by atoms with Gasteiger partial charge in [-0.05, 0) is 42.5 Å². The predicted octanol–water partition coefficient (Wildman–Crippen LogP) is 4.24. The lowest BCUT2D eigenvalue weighted by Gasteiger charge is -2.34. The quantitative estimate of drug-likeness (QED) is 0.377. The highest BCUT2D eigenvalue weighted by Crippen LogP contribution is 2.38. The number of benzene rings is 1. The number of rotatable bonds is 6. The maximum Gasteiger partial charge on any atom is 0.270 e. The van der Waals surface area contributed by atoms with Crippen LogP contribution in [0.1, 0.15) is 41.9 Å². The van der Waals surface area contributed by atoms with Gasteiger partial charge in [0.1, 0.15) is 11.7 Å². The minimum absolute atomic E-state index is 0.213. The molecule has 11 heteroatoms. The van der Waals surface area contributed by atoms with Gasteiger partial charge in [0.15, 0.2) is 11.9 Å². The molecule has 2 amide bonds. The van der Waals surface area contributed by atoms with Crippen molar-refractivity contribution < 1.29 is 23.1 Å². The Morgan fingerprint density at radius 3 is 2.61 bits per heavy atom. The number of nitrogens with one attached hydrogen (secondary N) is 2. The number of alkyl halides is 2. The molecule has 0 aliphatic heterocycles. The standard InChI is InChI=1S/C25H26ClF2N5O3/c1-15-21(19(26)10-13-33(15)36)16-5-7-18(8-6-16)30-24(35)22(17-4-3-11-25(27,28)14-17)31-23(34)20-9-12-29-32(20)2/h5-10,12-13,17,22H,3-4,11,14H2,1-2H3,(H,30,35)(H,31,34). The molecule has 4 rings (SSSR count). The lowest BCUT2D eigenvalue weighted by molar-refractivity contribution is -0.611. The van der Waals surface area contributed by atoms with Crippen molar-refractivity contribution in [2.75, 3.05) is 5.32 Å². The lowest BCUT2D eigenvalue weighted by atomic mass is 9.81. The van der Waals surface area contributed by atoms with E-state index in [9.17, 15) is 23.6 Å². The molecule has 0 spiro atoms. The van der Waals surface area contributed by atoms with Crippen LogP contribution in [-0.4, -0.2) is 33.6 Å². The summed E-state index contributed by atoms with van der Waals surface area (Å²) in [7, 11) is 1.58. The van der Waals surface area contributed by atoms with Crippen molar-refractivity contribution in [3.63, 3.8) is 0 Å². The number of anilines is 1. The highest BCUT2D eigenvalue weighted by molar-refractivity contribution is 6.33. The molecule has 3 aromatic rings. The van der Waals surface area contributed by atoms with Crippen LogP contribution in [0.4, 0.5) is 14.5 Å². The van der Waals surface area contributed by atoms with Crippen molar-refractivity contribution in [3.05, 3.63) is 70.4 Å². The van der Waals surface area contributed by atoms with Crippen LogP contribution in [0.2, 0.25) is 5.02 Å². The first-order valence-electron chi connectivity index (χ1n) is 11.5. The van der Waals surface area contributed by atoms with Gasteiger partial charge >= 0.3 is 0 Å². The first kappa shape index (κ1) is 25.6. The fourth-order valence-corrected chi connectivity index (χ4v) is 4.90. The van der Waals surface area contributed by atoms with Gasteiger partial charge in [-0.15, -0.1) is 0 Å². The molecule has 2 heterocycles. The maximum atomic E-state index is 14.2. The van der Waals surface area contributed by atoms with E-state index in [0.717, 1.165) is 0 Å². The number of pyridine rings is 1. The Kier molecular flexibility index (Phi) is 7.26. The van der Waals surface area contributed by atoms with E-state index in [4.69, 9.17) is 11.6 Å². The second-order valence-corrected chi connectivity index (χ2v) is 9.43. The number of carbonyl (C=O) groups excluding carboxylic acids is 2. The molecule has 190 valence electrons. The summed E-state index contributed by atoms with van der Waals surface area (Å²) in [6, 6.07) is 8.47. The van der Waals surface area contributed by atoms with E-state index in [2.05, 4.69) is 15.7 Å². The van der Waals surface area contributed by atoms with Gasteiger partial charge in [-0.1, -0.05) is 23.7 Å². The zero-order chi connectivity index (χ0) is 26.0. The van der Waals surface area contributed by atoms with Crippen LogP contribution in [0.3, 0.4) is 0 Å². The van der Waals surface area contributed by atoms with Gasteiger partial charge in [-0.25, -0.2) is 8.78 Å². The second-order valence-electron chi connectivity index (χ2n) is 9.02. The Balaban J connectivity index is 1.55. The van der Waals surface area contributed by atoms with Crippen molar-refractivity contribution in [2.45, 2.75) is 44.6 Å². The molecule has 2 unspecified atom stereocenters. The minimum atomic E-state index is -2.90. The fraction of sp³-hybridized carbons (Fsp3) is 0.360. The third-order valence-corrected chi connectivity index (χ3v) is 6.82. The molecule has 1 fully saturated rings. The van der Waals surface area contributed by atoms with Crippen molar-refractivity contribution in [2.24, 2.45) is 13.0 Å². The second kappa shape index (κ2) is 10.2. The van der Waals surface area contributed by atoms with E-state index in [-0.39, 0.29) is 18.5 Å². The van der Waals surface area contributed by atoms with Crippen LogP contribution in [0.15, 0.2) is 48.8 Å². The molecule has 1 aliphatic carbocycles. The molecule has 2 aromatic heterocycles. The zero-order valence-electron chi connectivity index (χ0n) is 19.8. The Labute approximate surface area is 211 Å².